The molecule has 0 aliphatic carbocycles. The zero-order valence-corrected chi connectivity index (χ0v) is 27.4. The van der Waals surface area contributed by atoms with Gasteiger partial charge in [0.1, 0.15) is 0 Å². The predicted octanol–water partition coefficient (Wildman–Crippen LogP) is 13.5. The maximum atomic E-state index is 12.2. The molecule has 0 heterocycles. The highest BCUT2D eigenvalue weighted by molar-refractivity contribution is 6.45. The first-order chi connectivity index (χ1) is 25.2. The van der Waals surface area contributed by atoms with Gasteiger partial charge < -0.3 is 0 Å². The molecule has 0 amide bonds. The molecule has 0 aliphatic rings. The van der Waals surface area contributed by atoms with Crippen molar-refractivity contribution in [3.63, 3.8) is 0 Å². The van der Waals surface area contributed by atoms with Gasteiger partial charge in [-0.3, -0.25) is 10.1 Å². The van der Waals surface area contributed by atoms with Crippen molar-refractivity contribution < 1.29 is 4.92 Å². The lowest BCUT2D eigenvalue weighted by Crippen LogP contribution is -1.92. The van der Waals surface area contributed by atoms with Crippen molar-refractivity contribution in [2.45, 2.75) is 0 Å². The third-order valence-electron chi connectivity index (χ3n) is 11.0. The number of nitrogens with zero attached hydrogens (tertiary/aromatic N) is 1. The zero-order chi connectivity index (χ0) is 33.8. The number of hydrogen-bond donors (Lipinski definition) is 0. The Labute approximate surface area is 292 Å². The Morgan fingerprint density at radius 3 is 1.57 bits per heavy atom. The van der Waals surface area contributed by atoms with Gasteiger partial charge in [0.05, 0.1) is 10.5 Å². The molecule has 0 fully saturated rings. The lowest BCUT2D eigenvalue weighted by Gasteiger charge is -2.19. The predicted molar refractivity (Wildman–Crippen MR) is 214 cm³/mol. The van der Waals surface area contributed by atoms with Crippen LogP contribution in [0.15, 0.2) is 164 Å². The summed E-state index contributed by atoms with van der Waals surface area (Å²) in [7, 11) is 0. The summed E-state index contributed by atoms with van der Waals surface area (Å²) in [5, 5.41) is 29.2. The van der Waals surface area contributed by atoms with Crippen LogP contribution in [0.3, 0.4) is 0 Å². The van der Waals surface area contributed by atoms with Gasteiger partial charge in [0.2, 0.25) is 0 Å². The van der Waals surface area contributed by atoms with Gasteiger partial charge in [0.25, 0.3) is 5.69 Å². The van der Waals surface area contributed by atoms with Gasteiger partial charge in [0, 0.05) is 6.07 Å². The van der Waals surface area contributed by atoms with E-state index < -0.39 is 0 Å². The van der Waals surface area contributed by atoms with Crippen molar-refractivity contribution >= 4 is 81.1 Å². The molecule has 0 spiro atoms. The molecule has 0 saturated heterocycles. The highest BCUT2D eigenvalue weighted by Crippen LogP contribution is 2.55. The Balaban J connectivity index is 1.45. The highest BCUT2D eigenvalue weighted by atomic mass is 16.6. The quantitative estimate of drug-likeness (QED) is 0.108. The summed E-state index contributed by atoms with van der Waals surface area (Å²) in [5.74, 6) is 0. The first kappa shape index (κ1) is 28.0. The first-order valence-electron chi connectivity index (χ1n) is 17.3. The van der Waals surface area contributed by atoms with Crippen LogP contribution in [0.25, 0.3) is 109 Å². The topological polar surface area (TPSA) is 43.1 Å². The number of fused-ring (bicyclic) bond motifs is 8. The normalized spacial score (nSPS) is 12.1. The summed E-state index contributed by atoms with van der Waals surface area (Å²) in [4.78, 5) is 12.0. The molecule has 0 radical (unpaired) electrons. The van der Waals surface area contributed by atoms with Crippen LogP contribution in [0.1, 0.15) is 0 Å². The molecule has 236 valence electrons. The summed E-state index contributed by atoms with van der Waals surface area (Å²) in [5.41, 5.74) is 6.36. The number of nitro groups is 1. The van der Waals surface area contributed by atoms with Gasteiger partial charge in [-0.2, -0.15) is 0 Å². The van der Waals surface area contributed by atoms with Gasteiger partial charge >= 0.3 is 0 Å². The maximum absolute atomic E-state index is 12.2. The van der Waals surface area contributed by atoms with E-state index in [1.165, 1.54) is 70.6 Å². The van der Waals surface area contributed by atoms with E-state index in [0.29, 0.717) is 5.56 Å². The molecule has 51 heavy (non-hydrogen) atoms. The molecule has 11 aromatic rings. The number of rotatable bonds is 4. The second-order valence-electron chi connectivity index (χ2n) is 13.5. The maximum Gasteiger partial charge on any atom is 0.277 e. The van der Waals surface area contributed by atoms with Gasteiger partial charge in [0.15, 0.2) is 0 Å². The van der Waals surface area contributed by atoms with Gasteiger partial charge in [-0.15, -0.1) is 0 Å². The second-order valence-corrected chi connectivity index (χ2v) is 13.5. The van der Waals surface area contributed by atoms with Crippen LogP contribution in [0, 0.1) is 10.1 Å². The smallest absolute Gasteiger partial charge is 0.258 e. The van der Waals surface area contributed by atoms with Crippen molar-refractivity contribution in [2.75, 3.05) is 0 Å². The molecule has 3 heteroatoms. The van der Waals surface area contributed by atoms with Crippen LogP contribution in [0.4, 0.5) is 5.69 Å². The number of benzene rings is 9. The Hall–Kier alpha value is -6.84. The molecule has 0 atom stereocenters. The SMILES string of the molecule is O=[N+]([O-])c1ccccc1-c1ccc2c3c(-c4ccccc4)c4c(cc5c6ccccc6c6cccc4c65)c(-c4ccccc4)c3c3cccc1c32. The Morgan fingerprint density at radius 2 is 0.843 bits per heavy atom. The fourth-order valence-electron chi connectivity index (χ4n) is 9.11. The average molecular weight is 650 g/mol. The molecule has 0 aromatic heterocycles. The summed E-state index contributed by atoms with van der Waals surface area (Å²) in [6, 6.07) is 57.4. The van der Waals surface area contributed by atoms with Crippen LogP contribution >= 0.6 is 0 Å². The lowest BCUT2D eigenvalue weighted by atomic mass is 9.84. The largest absolute Gasteiger partial charge is 0.277 e. The summed E-state index contributed by atoms with van der Waals surface area (Å²) in [6.45, 7) is 0. The van der Waals surface area contributed by atoms with Crippen molar-refractivity contribution in [1.82, 2.24) is 0 Å². The standard InChI is InChI=1S/C48H27NO2/c50-49(51)41-24-10-9-19-33(41)32-25-26-38-44-35(32)21-12-23-37(44)47-42(28-13-3-1-4-14-28)40-27-39-31-18-8-7-17-30(31)34-20-11-22-36(45(34)39)46(40)43(48(38)47)29-15-5-2-6-16-29/h1-27H. The molecular weight excluding hydrogens is 623 g/mol. The minimum absolute atomic E-state index is 0.110. The molecule has 11 aromatic carbocycles. The Kier molecular flexibility index (Phi) is 5.68. The van der Waals surface area contributed by atoms with Gasteiger partial charge in [-0.25, -0.2) is 0 Å². The number of hydrogen-bond acceptors (Lipinski definition) is 2. The van der Waals surface area contributed by atoms with E-state index >= 15 is 0 Å². The monoisotopic (exact) mass is 649 g/mol. The fraction of sp³-hybridized carbons (Fsp3) is 0. The Bertz CT molecular complexity index is 3200. The third-order valence-corrected chi connectivity index (χ3v) is 11.0. The molecule has 0 saturated carbocycles. The molecular formula is C48H27NO2. The summed E-state index contributed by atoms with van der Waals surface area (Å²) < 4.78 is 0. The van der Waals surface area contributed by atoms with E-state index in [0.717, 1.165) is 32.7 Å². The molecule has 11 rings (SSSR count). The van der Waals surface area contributed by atoms with Crippen LogP contribution in [-0.2, 0) is 0 Å². The summed E-state index contributed by atoms with van der Waals surface area (Å²) >= 11 is 0. The third kappa shape index (κ3) is 3.72. The van der Waals surface area contributed by atoms with E-state index in [1.807, 2.05) is 12.1 Å². The van der Waals surface area contributed by atoms with Crippen molar-refractivity contribution in [1.29, 1.82) is 0 Å². The highest BCUT2D eigenvalue weighted by Gasteiger charge is 2.27. The molecule has 0 N–H and O–H groups in total. The molecule has 3 nitrogen and oxygen atoms in total. The average Bonchev–Trinajstić information content (AvgIpc) is 3.69. The van der Waals surface area contributed by atoms with E-state index in [4.69, 9.17) is 0 Å². The number of nitro benzene ring substituents is 1. The van der Waals surface area contributed by atoms with Gasteiger partial charge in [-0.05, 0) is 115 Å². The van der Waals surface area contributed by atoms with E-state index in [1.54, 1.807) is 12.1 Å². The molecule has 0 unspecified atom stereocenters. The molecule has 0 aliphatic heterocycles. The first-order valence-corrected chi connectivity index (χ1v) is 17.3. The van der Waals surface area contributed by atoms with E-state index in [-0.39, 0.29) is 10.6 Å². The summed E-state index contributed by atoms with van der Waals surface area (Å²) in [6.07, 6.45) is 0. The van der Waals surface area contributed by atoms with Crippen LogP contribution in [0.2, 0.25) is 0 Å². The van der Waals surface area contributed by atoms with E-state index in [9.17, 15) is 10.1 Å². The second kappa shape index (κ2) is 10.3. The van der Waals surface area contributed by atoms with Crippen molar-refractivity contribution in [3.8, 4) is 33.4 Å². The number of para-hydroxylation sites is 1. The lowest BCUT2D eigenvalue weighted by molar-refractivity contribution is -0.384. The van der Waals surface area contributed by atoms with Crippen LogP contribution in [-0.4, -0.2) is 4.92 Å². The van der Waals surface area contributed by atoms with E-state index in [2.05, 4.69) is 140 Å². The Morgan fingerprint density at radius 1 is 0.333 bits per heavy atom. The zero-order valence-electron chi connectivity index (χ0n) is 27.4. The fourth-order valence-corrected chi connectivity index (χ4v) is 9.11. The minimum atomic E-state index is -0.278. The minimum Gasteiger partial charge on any atom is -0.258 e. The van der Waals surface area contributed by atoms with Crippen molar-refractivity contribution in [3.05, 3.63) is 174 Å². The van der Waals surface area contributed by atoms with Crippen molar-refractivity contribution in [2.24, 2.45) is 0 Å². The van der Waals surface area contributed by atoms with Crippen LogP contribution in [0.5, 0.6) is 0 Å². The van der Waals surface area contributed by atoms with Gasteiger partial charge in [-0.1, -0.05) is 146 Å². The van der Waals surface area contributed by atoms with Crippen LogP contribution < -0.4 is 0 Å². The molecule has 0 bridgehead atoms.